The predicted octanol–water partition coefficient (Wildman–Crippen LogP) is 3.63. The Kier molecular flexibility index (Phi) is 6.02. The van der Waals surface area contributed by atoms with Gasteiger partial charge in [0, 0.05) is 51.3 Å². The van der Waals surface area contributed by atoms with E-state index >= 15 is 0 Å². The molecule has 3 heterocycles. The van der Waals surface area contributed by atoms with Gasteiger partial charge in [-0.3, -0.25) is 9.78 Å². The monoisotopic (exact) mass is 407 g/mol. The zero-order chi connectivity index (χ0) is 21.0. The number of carbonyl (C=O) groups is 2. The summed E-state index contributed by atoms with van der Waals surface area (Å²) in [6.07, 6.45) is 5.91. The Morgan fingerprint density at radius 2 is 1.93 bits per heavy atom. The SMILES string of the molecule is CC(CN1CC2(CCN(C(=O)CCc3cccnc3)CC2)OC1=O)c1ccccc1. The molecule has 1 unspecified atom stereocenters. The largest absolute Gasteiger partial charge is 0.441 e. The number of aryl methyl sites for hydroxylation is 1. The van der Waals surface area contributed by atoms with Crippen molar-refractivity contribution in [3.8, 4) is 0 Å². The maximum Gasteiger partial charge on any atom is 0.410 e. The van der Waals surface area contributed by atoms with Crippen molar-refractivity contribution in [1.82, 2.24) is 14.8 Å². The number of benzene rings is 1. The van der Waals surface area contributed by atoms with Gasteiger partial charge < -0.3 is 14.5 Å². The summed E-state index contributed by atoms with van der Waals surface area (Å²) in [5, 5.41) is 0. The van der Waals surface area contributed by atoms with Gasteiger partial charge in [-0.1, -0.05) is 43.3 Å². The molecule has 1 atom stereocenters. The van der Waals surface area contributed by atoms with E-state index in [2.05, 4.69) is 24.0 Å². The van der Waals surface area contributed by atoms with E-state index in [1.54, 1.807) is 6.20 Å². The summed E-state index contributed by atoms with van der Waals surface area (Å²) in [5.41, 5.74) is 1.85. The summed E-state index contributed by atoms with van der Waals surface area (Å²) >= 11 is 0. The van der Waals surface area contributed by atoms with Crippen LogP contribution in [0, 0.1) is 0 Å². The predicted molar refractivity (Wildman–Crippen MR) is 114 cm³/mol. The van der Waals surface area contributed by atoms with E-state index in [1.165, 1.54) is 5.56 Å². The second-order valence-corrected chi connectivity index (χ2v) is 8.49. The molecular formula is C24H29N3O3. The summed E-state index contributed by atoms with van der Waals surface area (Å²) in [5.74, 6) is 0.413. The number of nitrogens with zero attached hydrogens (tertiary/aromatic N) is 3. The number of rotatable bonds is 6. The summed E-state index contributed by atoms with van der Waals surface area (Å²) in [7, 11) is 0. The molecule has 1 spiro atoms. The minimum atomic E-state index is -0.451. The average Bonchev–Trinajstić information content (AvgIpc) is 3.08. The number of hydrogen-bond acceptors (Lipinski definition) is 4. The number of aromatic nitrogens is 1. The Balaban J connectivity index is 1.27. The topological polar surface area (TPSA) is 62.7 Å². The maximum absolute atomic E-state index is 12.6. The lowest BCUT2D eigenvalue weighted by Crippen LogP contribution is -2.48. The highest BCUT2D eigenvalue weighted by molar-refractivity contribution is 5.76. The first kappa shape index (κ1) is 20.4. The van der Waals surface area contributed by atoms with Gasteiger partial charge in [0.1, 0.15) is 5.60 Å². The molecule has 2 fully saturated rings. The number of hydrogen-bond donors (Lipinski definition) is 0. The molecule has 2 saturated heterocycles. The van der Waals surface area contributed by atoms with Gasteiger partial charge in [-0.05, 0) is 29.5 Å². The molecule has 1 aromatic heterocycles. The Morgan fingerprint density at radius 3 is 2.63 bits per heavy atom. The van der Waals surface area contributed by atoms with Crippen LogP contribution in [-0.2, 0) is 16.0 Å². The lowest BCUT2D eigenvalue weighted by atomic mass is 9.90. The van der Waals surface area contributed by atoms with Gasteiger partial charge in [-0.2, -0.15) is 0 Å². The molecule has 2 aromatic rings. The van der Waals surface area contributed by atoms with Crippen LogP contribution in [0.2, 0.25) is 0 Å². The first-order valence-electron chi connectivity index (χ1n) is 10.7. The Bertz CT molecular complexity index is 864. The van der Waals surface area contributed by atoms with Gasteiger partial charge in [0.2, 0.25) is 5.91 Å². The molecular weight excluding hydrogens is 378 g/mol. The van der Waals surface area contributed by atoms with Crippen LogP contribution in [0.3, 0.4) is 0 Å². The molecule has 0 N–H and O–H groups in total. The van der Waals surface area contributed by atoms with E-state index in [0.717, 1.165) is 5.56 Å². The van der Waals surface area contributed by atoms with E-state index < -0.39 is 5.60 Å². The van der Waals surface area contributed by atoms with Crippen LogP contribution >= 0.6 is 0 Å². The van der Waals surface area contributed by atoms with Gasteiger partial charge in [0.15, 0.2) is 0 Å². The van der Waals surface area contributed by atoms with Crippen molar-refractivity contribution in [2.75, 3.05) is 26.2 Å². The van der Waals surface area contributed by atoms with Crippen molar-refractivity contribution in [3.05, 3.63) is 66.0 Å². The minimum absolute atomic E-state index is 0.160. The van der Waals surface area contributed by atoms with Crippen molar-refractivity contribution >= 4 is 12.0 Å². The zero-order valence-electron chi connectivity index (χ0n) is 17.5. The van der Waals surface area contributed by atoms with E-state index in [-0.39, 0.29) is 17.9 Å². The quantitative estimate of drug-likeness (QED) is 0.734. The first-order chi connectivity index (χ1) is 14.5. The molecule has 4 rings (SSSR count). The highest BCUT2D eigenvalue weighted by Crippen LogP contribution is 2.34. The van der Waals surface area contributed by atoms with Crippen molar-refractivity contribution in [2.24, 2.45) is 0 Å². The molecule has 0 saturated carbocycles. The van der Waals surface area contributed by atoms with E-state index in [9.17, 15) is 9.59 Å². The Morgan fingerprint density at radius 1 is 1.17 bits per heavy atom. The highest BCUT2D eigenvalue weighted by Gasteiger charge is 2.47. The summed E-state index contributed by atoms with van der Waals surface area (Å²) in [6, 6.07) is 14.1. The van der Waals surface area contributed by atoms with Crippen molar-refractivity contribution in [2.45, 2.75) is 44.1 Å². The maximum atomic E-state index is 12.6. The number of amides is 2. The molecule has 30 heavy (non-hydrogen) atoms. The zero-order valence-corrected chi connectivity index (χ0v) is 17.5. The van der Waals surface area contributed by atoms with Gasteiger partial charge >= 0.3 is 6.09 Å². The second-order valence-electron chi connectivity index (χ2n) is 8.49. The van der Waals surface area contributed by atoms with Crippen LogP contribution in [0.4, 0.5) is 4.79 Å². The van der Waals surface area contributed by atoms with Gasteiger partial charge in [-0.15, -0.1) is 0 Å². The normalized spacial score (nSPS) is 19.0. The van der Waals surface area contributed by atoms with Crippen LogP contribution < -0.4 is 0 Å². The minimum Gasteiger partial charge on any atom is -0.441 e. The van der Waals surface area contributed by atoms with Crippen molar-refractivity contribution in [3.63, 3.8) is 0 Å². The third kappa shape index (κ3) is 4.64. The van der Waals surface area contributed by atoms with Crippen molar-refractivity contribution < 1.29 is 14.3 Å². The molecule has 0 aliphatic carbocycles. The summed E-state index contributed by atoms with van der Waals surface area (Å²) < 4.78 is 5.84. The average molecular weight is 408 g/mol. The highest BCUT2D eigenvalue weighted by atomic mass is 16.6. The number of piperidine rings is 1. The van der Waals surface area contributed by atoms with Gasteiger partial charge in [0.05, 0.1) is 6.54 Å². The molecule has 6 nitrogen and oxygen atoms in total. The standard InChI is InChI=1S/C24H29N3O3/c1-19(21-7-3-2-4-8-21)17-27-18-24(30-23(27)29)11-14-26(15-12-24)22(28)10-9-20-6-5-13-25-16-20/h2-8,13,16,19H,9-12,14-15,17-18H2,1H3. The van der Waals surface area contributed by atoms with Crippen LogP contribution in [0.1, 0.15) is 43.2 Å². The fourth-order valence-electron chi connectivity index (χ4n) is 4.43. The molecule has 0 bridgehead atoms. The van der Waals surface area contributed by atoms with Crippen LogP contribution in [-0.4, -0.2) is 58.6 Å². The molecule has 2 amide bonds. The van der Waals surface area contributed by atoms with E-state index in [4.69, 9.17) is 4.74 Å². The number of pyridine rings is 1. The molecule has 158 valence electrons. The molecule has 2 aliphatic heterocycles. The number of likely N-dealkylation sites (tertiary alicyclic amines) is 1. The lowest BCUT2D eigenvalue weighted by Gasteiger charge is -2.37. The second kappa shape index (κ2) is 8.86. The number of carbonyl (C=O) groups excluding carboxylic acids is 2. The molecule has 1 aromatic carbocycles. The third-order valence-electron chi connectivity index (χ3n) is 6.28. The van der Waals surface area contributed by atoms with Crippen LogP contribution in [0.25, 0.3) is 0 Å². The van der Waals surface area contributed by atoms with Crippen LogP contribution in [0.15, 0.2) is 54.9 Å². The lowest BCUT2D eigenvalue weighted by molar-refractivity contribution is -0.134. The Hall–Kier alpha value is -2.89. The fourth-order valence-corrected chi connectivity index (χ4v) is 4.43. The molecule has 0 radical (unpaired) electrons. The third-order valence-corrected chi connectivity index (χ3v) is 6.28. The van der Waals surface area contributed by atoms with Gasteiger partial charge in [-0.25, -0.2) is 4.79 Å². The smallest absolute Gasteiger partial charge is 0.410 e. The molecule has 2 aliphatic rings. The first-order valence-corrected chi connectivity index (χ1v) is 10.7. The Labute approximate surface area is 177 Å². The number of ether oxygens (including phenoxy) is 1. The van der Waals surface area contributed by atoms with Crippen LogP contribution in [0.5, 0.6) is 0 Å². The summed E-state index contributed by atoms with van der Waals surface area (Å²) in [4.78, 5) is 32.9. The van der Waals surface area contributed by atoms with Gasteiger partial charge in [0.25, 0.3) is 0 Å². The van der Waals surface area contributed by atoms with Crippen molar-refractivity contribution in [1.29, 1.82) is 0 Å². The van der Waals surface area contributed by atoms with E-state index in [1.807, 2.05) is 46.3 Å². The van der Waals surface area contributed by atoms with E-state index in [0.29, 0.717) is 51.9 Å². The summed E-state index contributed by atoms with van der Waals surface area (Å²) in [6.45, 7) is 4.68. The fraction of sp³-hybridized carbons (Fsp3) is 0.458. The molecule has 6 heteroatoms.